The van der Waals surface area contributed by atoms with Crippen molar-refractivity contribution in [3.05, 3.63) is 64.2 Å². The molecule has 0 bridgehead atoms. The van der Waals surface area contributed by atoms with Gasteiger partial charge in [0.15, 0.2) is 0 Å². The summed E-state index contributed by atoms with van der Waals surface area (Å²) in [4.78, 5) is 20.4. The lowest BCUT2D eigenvalue weighted by molar-refractivity contribution is 0.415. The topological polar surface area (TPSA) is 83.2 Å². The highest BCUT2D eigenvalue weighted by molar-refractivity contribution is 5.81. The van der Waals surface area contributed by atoms with E-state index in [1.54, 1.807) is 44.5 Å². The van der Waals surface area contributed by atoms with Crippen LogP contribution in [0.5, 0.6) is 5.75 Å². The molecule has 8 heteroatoms. The summed E-state index contributed by atoms with van der Waals surface area (Å²) in [5.41, 5.74) is 1.52. The van der Waals surface area contributed by atoms with Gasteiger partial charge in [0.2, 0.25) is 5.95 Å². The number of ether oxygens (including phenoxy) is 1. The lowest BCUT2D eigenvalue weighted by atomic mass is 9.99. The molecule has 0 radical (unpaired) electrons. The Kier molecular flexibility index (Phi) is 6.43. The molecule has 4 rings (SSSR count). The number of nitrogens with one attached hydrogen (secondary N) is 1. The predicted molar refractivity (Wildman–Crippen MR) is 126 cm³/mol. The fraction of sp³-hybridized carbons (Fsp3) is 0.320. The monoisotopic (exact) mass is 447 g/mol. The Labute approximate surface area is 192 Å². The molecule has 170 valence electrons. The number of benzene rings is 2. The molecule has 33 heavy (non-hydrogen) atoms. The summed E-state index contributed by atoms with van der Waals surface area (Å²) >= 11 is 0. The molecule has 1 N–H and O–H groups in total. The average molecular weight is 448 g/mol. The van der Waals surface area contributed by atoms with Crippen LogP contribution in [-0.2, 0) is 7.05 Å². The van der Waals surface area contributed by atoms with E-state index in [0.29, 0.717) is 46.7 Å². The highest BCUT2D eigenvalue weighted by Crippen LogP contribution is 2.31. The van der Waals surface area contributed by atoms with E-state index in [0.717, 1.165) is 19.4 Å². The van der Waals surface area contributed by atoms with Crippen LogP contribution in [0, 0.1) is 17.1 Å². The summed E-state index contributed by atoms with van der Waals surface area (Å²) in [7, 11) is 5.17. The van der Waals surface area contributed by atoms with Crippen molar-refractivity contribution in [2.75, 3.05) is 32.1 Å². The Bertz CT molecular complexity index is 1260. The molecular weight excluding hydrogens is 421 g/mol. The third kappa shape index (κ3) is 4.45. The van der Waals surface area contributed by atoms with Gasteiger partial charge in [-0.1, -0.05) is 18.2 Å². The zero-order valence-electron chi connectivity index (χ0n) is 18.9. The second-order valence-corrected chi connectivity index (χ2v) is 8.21. The summed E-state index contributed by atoms with van der Waals surface area (Å²) in [5, 5.41) is 12.6. The molecule has 2 heterocycles. The van der Waals surface area contributed by atoms with Gasteiger partial charge in [-0.05, 0) is 49.2 Å². The third-order valence-electron chi connectivity index (χ3n) is 6.01. The quantitative estimate of drug-likeness (QED) is 0.624. The van der Waals surface area contributed by atoms with Crippen molar-refractivity contribution in [3.63, 3.8) is 0 Å². The summed E-state index contributed by atoms with van der Waals surface area (Å²) in [6.45, 7) is 1.68. The van der Waals surface area contributed by atoms with Crippen molar-refractivity contribution in [3.8, 4) is 34.2 Å². The van der Waals surface area contributed by atoms with Crippen LogP contribution in [0.4, 0.5) is 10.3 Å². The molecule has 0 aliphatic carbocycles. The lowest BCUT2D eigenvalue weighted by Gasteiger charge is -2.25. The maximum Gasteiger partial charge on any atom is 0.263 e. The SMILES string of the molecule is COc1ccc(-c2c(-c3ccc(C#N)c(F)c3)nc(N(C)CC3CCCN3)n(C)c2=O)cc1. The predicted octanol–water partition coefficient (Wildman–Crippen LogP) is 3.32. The minimum atomic E-state index is -0.650. The first-order valence-corrected chi connectivity index (χ1v) is 10.8. The van der Waals surface area contributed by atoms with Crippen LogP contribution in [-0.4, -0.2) is 42.8 Å². The number of aromatic nitrogens is 2. The van der Waals surface area contributed by atoms with Crippen LogP contribution >= 0.6 is 0 Å². The van der Waals surface area contributed by atoms with E-state index < -0.39 is 5.82 Å². The van der Waals surface area contributed by atoms with E-state index in [-0.39, 0.29) is 11.1 Å². The molecule has 3 aromatic rings. The van der Waals surface area contributed by atoms with Gasteiger partial charge >= 0.3 is 0 Å². The number of anilines is 1. The smallest absolute Gasteiger partial charge is 0.263 e. The van der Waals surface area contributed by atoms with Crippen molar-refractivity contribution in [2.45, 2.75) is 18.9 Å². The van der Waals surface area contributed by atoms with Gasteiger partial charge in [-0.25, -0.2) is 9.37 Å². The van der Waals surface area contributed by atoms with Crippen LogP contribution in [0.15, 0.2) is 47.3 Å². The molecule has 1 saturated heterocycles. The van der Waals surface area contributed by atoms with Gasteiger partial charge in [0.05, 0.1) is 23.9 Å². The van der Waals surface area contributed by atoms with Crippen LogP contribution in [0.25, 0.3) is 22.4 Å². The number of methoxy groups -OCH3 is 1. The van der Waals surface area contributed by atoms with Gasteiger partial charge in [0, 0.05) is 32.2 Å². The first-order valence-electron chi connectivity index (χ1n) is 10.8. The lowest BCUT2D eigenvalue weighted by Crippen LogP contribution is -2.38. The molecule has 1 aliphatic rings. The number of halogens is 1. The maximum atomic E-state index is 14.5. The largest absolute Gasteiger partial charge is 0.497 e. The van der Waals surface area contributed by atoms with Gasteiger partial charge in [-0.3, -0.25) is 9.36 Å². The molecule has 1 fully saturated rings. The minimum Gasteiger partial charge on any atom is -0.497 e. The Balaban J connectivity index is 1.89. The summed E-state index contributed by atoms with van der Waals surface area (Å²) in [6, 6.07) is 13.6. The van der Waals surface area contributed by atoms with E-state index >= 15 is 0 Å². The Morgan fingerprint density at radius 3 is 2.61 bits per heavy atom. The highest BCUT2D eigenvalue weighted by atomic mass is 19.1. The van der Waals surface area contributed by atoms with Gasteiger partial charge in [-0.2, -0.15) is 5.26 Å². The Morgan fingerprint density at radius 1 is 1.27 bits per heavy atom. The van der Waals surface area contributed by atoms with E-state index in [9.17, 15) is 9.18 Å². The number of likely N-dealkylation sites (N-methyl/N-ethyl adjacent to an activating group) is 1. The molecule has 1 atom stereocenters. The van der Waals surface area contributed by atoms with E-state index in [1.165, 1.54) is 16.7 Å². The zero-order valence-corrected chi connectivity index (χ0v) is 18.9. The van der Waals surface area contributed by atoms with E-state index in [4.69, 9.17) is 15.0 Å². The molecule has 1 unspecified atom stereocenters. The molecule has 2 aromatic carbocycles. The van der Waals surface area contributed by atoms with E-state index in [2.05, 4.69) is 5.32 Å². The number of rotatable bonds is 6. The molecule has 0 spiro atoms. The second-order valence-electron chi connectivity index (χ2n) is 8.21. The summed E-state index contributed by atoms with van der Waals surface area (Å²) in [6.07, 6.45) is 2.19. The maximum absolute atomic E-state index is 14.5. The van der Waals surface area contributed by atoms with Crippen molar-refractivity contribution in [2.24, 2.45) is 7.05 Å². The molecule has 0 saturated carbocycles. The first-order chi connectivity index (χ1) is 15.9. The normalized spacial score (nSPS) is 15.3. The van der Waals surface area contributed by atoms with Crippen LogP contribution in [0.1, 0.15) is 18.4 Å². The minimum absolute atomic E-state index is 0.0572. The standard InChI is InChI=1S/C25H26FN5O2/c1-30(15-19-5-4-12-28-19)25-29-23(17-6-7-18(14-27)21(26)13-17)22(24(32)31(25)2)16-8-10-20(33-3)11-9-16/h6-11,13,19,28H,4-5,12,15H2,1-3H3. The second kappa shape index (κ2) is 9.43. The molecule has 1 aromatic heterocycles. The van der Waals surface area contributed by atoms with Crippen molar-refractivity contribution in [1.82, 2.24) is 14.9 Å². The zero-order chi connectivity index (χ0) is 23.5. The van der Waals surface area contributed by atoms with Crippen molar-refractivity contribution in [1.29, 1.82) is 5.26 Å². The Hall–Kier alpha value is -3.70. The number of hydrogen-bond acceptors (Lipinski definition) is 6. The Morgan fingerprint density at radius 2 is 2.00 bits per heavy atom. The number of nitriles is 1. The fourth-order valence-electron chi connectivity index (χ4n) is 4.24. The fourth-order valence-corrected chi connectivity index (χ4v) is 4.24. The molecule has 1 aliphatic heterocycles. The third-order valence-corrected chi connectivity index (χ3v) is 6.01. The van der Waals surface area contributed by atoms with Gasteiger partial charge < -0.3 is 15.0 Å². The van der Waals surface area contributed by atoms with E-state index in [1.807, 2.05) is 18.0 Å². The van der Waals surface area contributed by atoms with Crippen LogP contribution in [0.3, 0.4) is 0 Å². The average Bonchev–Trinajstić information content (AvgIpc) is 3.33. The molecule has 7 nitrogen and oxygen atoms in total. The van der Waals surface area contributed by atoms with Gasteiger partial charge in [0.1, 0.15) is 17.6 Å². The number of nitrogens with zero attached hydrogens (tertiary/aromatic N) is 4. The van der Waals surface area contributed by atoms with Gasteiger partial charge in [0.25, 0.3) is 5.56 Å². The van der Waals surface area contributed by atoms with Crippen LogP contribution in [0.2, 0.25) is 0 Å². The molecule has 0 amide bonds. The first kappa shape index (κ1) is 22.5. The van der Waals surface area contributed by atoms with Crippen molar-refractivity contribution < 1.29 is 9.13 Å². The molecular formula is C25H26FN5O2. The summed E-state index contributed by atoms with van der Waals surface area (Å²) in [5.74, 6) is 0.504. The highest BCUT2D eigenvalue weighted by Gasteiger charge is 2.23. The summed E-state index contributed by atoms with van der Waals surface area (Å²) < 4.78 is 21.3. The van der Waals surface area contributed by atoms with Gasteiger partial charge in [-0.15, -0.1) is 0 Å². The van der Waals surface area contributed by atoms with Crippen molar-refractivity contribution >= 4 is 5.95 Å². The number of hydrogen-bond donors (Lipinski definition) is 1. The van der Waals surface area contributed by atoms with Crippen LogP contribution < -0.4 is 20.5 Å².